The van der Waals surface area contributed by atoms with Crippen molar-refractivity contribution in [3.8, 4) is 0 Å². The molecule has 1 fully saturated rings. The fraction of sp³-hybridized carbons (Fsp3) is 0.357. The topological polar surface area (TPSA) is 57.7 Å². The van der Waals surface area contributed by atoms with Crippen molar-refractivity contribution >= 4 is 17.7 Å². The average Bonchev–Trinajstić information content (AvgIpc) is 2.67. The van der Waals surface area contributed by atoms with Crippen LogP contribution in [0, 0.1) is 0 Å². The molecule has 3 amide bonds. The number of rotatable bonds is 1. The van der Waals surface area contributed by atoms with Crippen LogP contribution in [-0.2, 0) is 4.79 Å². The van der Waals surface area contributed by atoms with Gasteiger partial charge in [0.2, 0.25) is 5.91 Å². The molecular weight excluding hydrogens is 244 g/mol. The number of imide groups is 1. The van der Waals surface area contributed by atoms with Crippen LogP contribution >= 0.6 is 0 Å². The van der Waals surface area contributed by atoms with Crippen LogP contribution in [0.2, 0.25) is 0 Å². The molecule has 1 aromatic rings. The van der Waals surface area contributed by atoms with Crippen molar-refractivity contribution in [1.82, 2.24) is 9.80 Å². The summed E-state index contributed by atoms with van der Waals surface area (Å²) in [6.07, 6.45) is 1.36. The Hall–Kier alpha value is -2.17. The standard InChI is InChI=1S/C14H14N2O3/c1-15-8-4-7-11(14(15)19)16-12(17)9-5-2-3-6-10(9)13(16)18/h2-3,5-6,11H,4,7-8H2,1H3. The molecular formula is C14H14N2O3. The van der Waals surface area contributed by atoms with E-state index in [4.69, 9.17) is 0 Å². The number of likely N-dealkylation sites (tertiary alicyclic amines) is 1. The first-order valence-electron chi connectivity index (χ1n) is 6.33. The van der Waals surface area contributed by atoms with Gasteiger partial charge >= 0.3 is 0 Å². The smallest absolute Gasteiger partial charge is 0.262 e. The van der Waals surface area contributed by atoms with Crippen LogP contribution in [0.3, 0.4) is 0 Å². The van der Waals surface area contributed by atoms with E-state index in [1.807, 2.05) is 0 Å². The summed E-state index contributed by atoms with van der Waals surface area (Å²) >= 11 is 0. The van der Waals surface area contributed by atoms with Gasteiger partial charge in [0.1, 0.15) is 6.04 Å². The van der Waals surface area contributed by atoms with E-state index in [1.165, 1.54) is 0 Å². The highest BCUT2D eigenvalue weighted by molar-refractivity contribution is 6.22. The van der Waals surface area contributed by atoms with Gasteiger partial charge in [0.15, 0.2) is 0 Å². The molecule has 0 aromatic heterocycles. The summed E-state index contributed by atoms with van der Waals surface area (Å²) < 4.78 is 0. The molecule has 3 rings (SSSR count). The summed E-state index contributed by atoms with van der Waals surface area (Å²) in [5.74, 6) is -0.857. The molecule has 0 bridgehead atoms. The highest BCUT2D eigenvalue weighted by Crippen LogP contribution is 2.28. The number of carbonyl (C=O) groups is 3. The summed E-state index contributed by atoms with van der Waals surface area (Å²) in [4.78, 5) is 39.4. The van der Waals surface area contributed by atoms with Crippen LogP contribution < -0.4 is 0 Å². The lowest BCUT2D eigenvalue weighted by atomic mass is 10.0. The molecule has 0 aliphatic carbocycles. The second kappa shape index (κ2) is 4.19. The molecule has 19 heavy (non-hydrogen) atoms. The number of likely N-dealkylation sites (N-methyl/N-ethyl adjacent to an activating group) is 1. The second-order valence-corrected chi connectivity index (χ2v) is 4.94. The Morgan fingerprint density at radius 1 is 1.05 bits per heavy atom. The largest absolute Gasteiger partial charge is 0.344 e. The van der Waals surface area contributed by atoms with Crippen molar-refractivity contribution < 1.29 is 14.4 Å². The van der Waals surface area contributed by atoms with Gasteiger partial charge in [-0.15, -0.1) is 0 Å². The number of carbonyl (C=O) groups excluding carboxylic acids is 3. The lowest BCUT2D eigenvalue weighted by molar-refractivity contribution is -0.136. The lowest BCUT2D eigenvalue weighted by Gasteiger charge is -2.33. The first-order chi connectivity index (χ1) is 9.11. The van der Waals surface area contributed by atoms with Crippen LogP contribution in [0.4, 0.5) is 0 Å². The summed E-state index contributed by atoms with van der Waals surface area (Å²) in [7, 11) is 1.70. The molecule has 1 saturated heterocycles. The Kier molecular flexibility index (Phi) is 2.62. The summed E-state index contributed by atoms with van der Waals surface area (Å²) in [6.45, 7) is 0.679. The van der Waals surface area contributed by atoms with Crippen molar-refractivity contribution in [2.24, 2.45) is 0 Å². The zero-order chi connectivity index (χ0) is 13.6. The normalized spacial score (nSPS) is 23.0. The average molecular weight is 258 g/mol. The van der Waals surface area contributed by atoms with E-state index in [2.05, 4.69) is 0 Å². The second-order valence-electron chi connectivity index (χ2n) is 4.94. The molecule has 0 N–H and O–H groups in total. The zero-order valence-corrected chi connectivity index (χ0v) is 10.6. The van der Waals surface area contributed by atoms with Gasteiger partial charge in [-0.1, -0.05) is 12.1 Å². The molecule has 5 heteroatoms. The van der Waals surface area contributed by atoms with Crippen molar-refractivity contribution in [2.45, 2.75) is 18.9 Å². The highest BCUT2D eigenvalue weighted by Gasteiger charge is 2.44. The van der Waals surface area contributed by atoms with E-state index >= 15 is 0 Å². The number of piperidine rings is 1. The predicted molar refractivity (Wildman–Crippen MR) is 67.6 cm³/mol. The Morgan fingerprint density at radius 2 is 1.63 bits per heavy atom. The molecule has 2 heterocycles. The third kappa shape index (κ3) is 1.65. The Morgan fingerprint density at radius 3 is 2.21 bits per heavy atom. The monoisotopic (exact) mass is 258 g/mol. The van der Waals surface area contributed by atoms with Crippen LogP contribution in [0.25, 0.3) is 0 Å². The molecule has 0 saturated carbocycles. The van der Waals surface area contributed by atoms with Gasteiger partial charge in [-0.05, 0) is 25.0 Å². The van der Waals surface area contributed by atoms with E-state index in [1.54, 1.807) is 36.2 Å². The molecule has 1 aromatic carbocycles. The van der Waals surface area contributed by atoms with E-state index in [-0.39, 0.29) is 17.7 Å². The van der Waals surface area contributed by atoms with E-state index in [0.29, 0.717) is 24.1 Å². The minimum atomic E-state index is -0.647. The fourth-order valence-electron chi connectivity index (χ4n) is 2.74. The summed E-state index contributed by atoms with van der Waals surface area (Å²) in [5.41, 5.74) is 0.794. The van der Waals surface area contributed by atoms with Crippen molar-refractivity contribution in [2.75, 3.05) is 13.6 Å². The number of hydrogen-bond acceptors (Lipinski definition) is 3. The Labute approximate surface area is 110 Å². The molecule has 0 radical (unpaired) electrons. The fourth-order valence-corrected chi connectivity index (χ4v) is 2.74. The number of benzene rings is 1. The molecule has 98 valence electrons. The molecule has 5 nitrogen and oxygen atoms in total. The molecule has 2 aliphatic rings. The van der Waals surface area contributed by atoms with Gasteiger partial charge in [-0.2, -0.15) is 0 Å². The van der Waals surface area contributed by atoms with Crippen molar-refractivity contribution in [3.05, 3.63) is 35.4 Å². The zero-order valence-electron chi connectivity index (χ0n) is 10.6. The van der Waals surface area contributed by atoms with Gasteiger partial charge in [0, 0.05) is 13.6 Å². The van der Waals surface area contributed by atoms with E-state index in [0.717, 1.165) is 11.3 Å². The SMILES string of the molecule is CN1CCCC(N2C(=O)c3ccccc3C2=O)C1=O. The molecule has 1 atom stereocenters. The molecule has 1 unspecified atom stereocenters. The van der Waals surface area contributed by atoms with Crippen molar-refractivity contribution in [1.29, 1.82) is 0 Å². The predicted octanol–water partition coefficient (Wildman–Crippen LogP) is 0.903. The van der Waals surface area contributed by atoms with E-state index < -0.39 is 6.04 Å². The van der Waals surface area contributed by atoms with Crippen LogP contribution in [0.1, 0.15) is 33.6 Å². The first kappa shape index (κ1) is 11.9. The van der Waals surface area contributed by atoms with Gasteiger partial charge < -0.3 is 4.90 Å². The minimum Gasteiger partial charge on any atom is -0.344 e. The van der Waals surface area contributed by atoms with Crippen LogP contribution in [0.15, 0.2) is 24.3 Å². The Bertz CT molecular complexity index is 547. The lowest BCUT2D eigenvalue weighted by Crippen LogP contribution is -2.53. The number of hydrogen-bond donors (Lipinski definition) is 0. The van der Waals surface area contributed by atoms with E-state index in [9.17, 15) is 14.4 Å². The molecule has 0 spiro atoms. The number of nitrogens with zero attached hydrogens (tertiary/aromatic N) is 2. The quantitative estimate of drug-likeness (QED) is 0.703. The maximum atomic E-state index is 12.3. The third-order valence-corrected chi connectivity index (χ3v) is 3.77. The summed E-state index contributed by atoms with van der Waals surface area (Å²) in [5, 5.41) is 0. The maximum absolute atomic E-state index is 12.3. The van der Waals surface area contributed by atoms with Gasteiger partial charge in [0.25, 0.3) is 11.8 Å². The third-order valence-electron chi connectivity index (χ3n) is 3.77. The van der Waals surface area contributed by atoms with Gasteiger partial charge in [-0.3, -0.25) is 19.3 Å². The van der Waals surface area contributed by atoms with Crippen LogP contribution in [-0.4, -0.2) is 47.2 Å². The maximum Gasteiger partial charge on any atom is 0.262 e. The van der Waals surface area contributed by atoms with Gasteiger partial charge in [0.05, 0.1) is 11.1 Å². The summed E-state index contributed by atoms with van der Waals surface area (Å²) in [6, 6.07) is 6.07. The van der Waals surface area contributed by atoms with Crippen LogP contribution in [0.5, 0.6) is 0 Å². The Balaban J connectivity index is 1.98. The number of amides is 3. The van der Waals surface area contributed by atoms with Crippen molar-refractivity contribution in [3.63, 3.8) is 0 Å². The first-order valence-corrected chi connectivity index (χ1v) is 6.33. The highest BCUT2D eigenvalue weighted by atomic mass is 16.2. The molecule has 2 aliphatic heterocycles. The minimum absolute atomic E-state index is 0.152. The number of fused-ring (bicyclic) bond motifs is 1. The van der Waals surface area contributed by atoms with Gasteiger partial charge in [-0.25, -0.2) is 0 Å².